The number of amides is 1. The van der Waals surface area contributed by atoms with E-state index in [0.29, 0.717) is 19.0 Å². The van der Waals surface area contributed by atoms with Crippen LogP contribution in [0.25, 0.3) is 10.8 Å². The van der Waals surface area contributed by atoms with Gasteiger partial charge in [0.05, 0.1) is 0 Å². The summed E-state index contributed by atoms with van der Waals surface area (Å²) in [6.45, 7) is 1.37. The molecule has 1 amide bonds. The van der Waals surface area contributed by atoms with Crippen molar-refractivity contribution in [3.63, 3.8) is 0 Å². The fourth-order valence-corrected chi connectivity index (χ4v) is 3.28. The van der Waals surface area contributed by atoms with Gasteiger partial charge in [-0.2, -0.15) is 5.10 Å². The number of ether oxygens (including phenoxy) is 1. The summed E-state index contributed by atoms with van der Waals surface area (Å²) >= 11 is 0. The second-order valence-corrected chi connectivity index (χ2v) is 6.20. The van der Waals surface area contributed by atoms with Crippen LogP contribution in [-0.2, 0) is 0 Å². The number of likely N-dealkylation sites (tertiary alicyclic amines) is 1. The minimum atomic E-state index is 0.0771. The molecule has 0 radical (unpaired) electrons. The first-order valence-electron chi connectivity index (χ1n) is 8.53. The minimum Gasteiger partial charge on any atom is -0.473 e. The molecule has 0 atom stereocenters. The SMILES string of the molecule is O=C(c1cccc2ccccc12)N1CCC(Oc2cccnn2)CC1. The largest absolute Gasteiger partial charge is 0.473 e. The van der Waals surface area contributed by atoms with Gasteiger partial charge in [-0.3, -0.25) is 4.79 Å². The molecule has 0 unspecified atom stereocenters. The van der Waals surface area contributed by atoms with Crippen LogP contribution in [0.2, 0.25) is 0 Å². The summed E-state index contributed by atoms with van der Waals surface area (Å²) in [5.41, 5.74) is 0.770. The van der Waals surface area contributed by atoms with Gasteiger partial charge in [-0.25, -0.2) is 0 Å². The second-order valence-electron chi connectivity index (χ2n) is 6.20. The zero-order valence-corrected chi connectivity index (χ0v) is 13.8. The van der Waals surface area contributed by atoms with Crippen molar-refractivity contribution in [1.82, 2.24) is 15.1 Å². The van der Waals surface area contributed by atoms with Crippen molar-refractivity contribution in [2.75, 3.05) is 13.1 Å². The first-order valence-corrected chi connectivity index (χ1v) is 8.53. The maximum atomic E-state index is 12.9. The van der Waals surface area contributed by atoms with E-state index in [1.54, 1.807) is 12.3 Å². The highest BCUT2D eigenvalue weighted by Crippen LogP contribution is 2.23. The van der Waals surface area contributed by atoms with E-state index in [4.69, 9.17) is 4.74 Å². The van der Waals surface area contributed by atoms with Crippen LogP contribution in [-0.4, -0.2) is 40.2 Å². The molecule has 3 aromatic rings. The number of hydrogen-bond donors (Lipinski definition) is 0. The van der Waals surface area contributed by atoms with Gasteiger partial charge >= 0.3 is 0 Å². The highest BCUT2D eigenvalue weighted by atomic mass is 16.5. The van der Waals surface area contributed by atoms with E-state index in [1.165, 1.54) is 0 Å². The molecule has 0 bridgehead atoms. The second kappa shape index (κ2) is 6.89. The Balaban J connectivity index is 1.44. The Bertz CT molecular complexity index is 869. The number of aromatic nitrogens is 2. The van der Waals surface area contributed by atoms with Crippen LogP contribution in [0.3, 0.4) is 0 Å². The number of carbonyl (C=O) groups excluding carboxylic acids is 1. The highest BCUT2D eigenvalue weighted by Gasteiger charge is 2.25. The molecule has 0 spiro atoms. The Hall–Kier alpha value is -2.95. The number of rotatable bonds is 3. The topological polar surface area (TPSA) is 55.3 Å². The summed E-state index contributed by atoms with van der Waals surface area (Å²) < 4.78 is 5.85. The maximum absolute atomic E-state index is 12.9. The van der Waals surface area contributed by atoms with Crippen LogP contribution >= 0.6 is 0 Å². The Morgan fingerprint density at radius 3 is 2.60 bits per heavy atom. The van der Waals surface area contributed by atoms with Crippen molar-refractivity contribution in [1.29, 1.82) is 0 Å². The molecule has 2 aromatic carbocycles. The minimum absolute atomic E-state index is 0.0771. The van der Waals surface area contributed by atoms with Gasteiger partial charge in [0, 0.05) is 43.8 Å². The van der Waals surface area contributed by atoms with Gasteiger partial charge in [0.25, 0.3) is 5.91 Å². The van der Waals surface area contributed by atoms with Gasteiger partial charge in [-0.05, 0) is 22.9 Å². The molecule has 5 nitrogen and oxygen atoms in total. The van der Waals surface area contributed by atoms with Crippen LogP contribution in [0.5, 0.6) is 5.88 Å². The molecule has 0 aliphatic carbocycles. The molecular formula is C20H19N3O2. The van der Waals surface area contributed by atoms with E-state index in [1.807, 2.05) is 53.4 Å². The lowest BCUT2D eigenvalue weighted by Gasteiger charge is -2.32. The van der Waals surface area contributed by atoms with Crippen molar-refractivity contribution < 1.29 is 9.53 Å². The Kier molecular flexibility index (Phi) is 4.29. The number of hydrogen-bond acceptors (Lipinski definition) is 4. The van der Waals surface area contributed by atoms with Gasteiger partial charge < -0.3 is 9.64 Å². The summed E-state index contributed by atoms with van der Waals surface area (Å²) in [5.74, 6) is 0.635. The van der Waals surface area contributed by atoms with Crippen LogP contribution in [0.1, 0.15) is 23.2 Å². The fourth-order valence-electron chi connectivity index (χ4n) is 3.28. The lowest BCUT2D eigenvalue weighted by Crippen LogP contribution is -2.41. The summed E-state index contributed by atoms with van der Waals surface area (Å²) in [5, 5.41) is 9.88. The van der Waals surface area contributed by atoms with Crippen molar-refractivity contribution in [2.45, 2.75) is 18.9 Å². The predicted molar refractivity (Wildman–Crippen MR) is 95.5 cm³/mol. The average Bonchev–Trinajstić information content (AvgIpc) is 2.68. The Morgan fingerprint density at radius 1 is 1.00 bits per heavy atom. The van der Waals surface area contributed by atoms with E-state index in [-0.39, 0.29) is 12.0 Å². The van der Waals surface area contributed by atoms with E-state index >= 15 is 0 Å². The third kappa shape index (κ3) is 3.31. The van der Waals surface area contributed by atoms with Gasteiger partial charge in [-0.1, -0.05) is 36.4 Å². The molecule has 126 valence electrons. The predicted octanol–water partition coefficient (Wildman–Crippen LogP) is 3.31. The molecule has 1 aromatic heterocycles. The van der Waals surface area contributed by atoms with Crippen LogP contribution in [0.15, 0.2) is 60.8 Å². The van der Waals surface area contributed by atoms with E-state index < -0.39 is 0 Å². The summed E-state index contributed by atoms with van der Waals surface area (Å²) in [6, 6.07) is 17.5. The molecule has 1 saturated heterocycles. The van der Waals surface area contributed by atoms with Gasteiger partial charge in [0.1, 0.15) is 6.10 Å². The van der Waals surface area contributed by atoms with Gasteiger partial charge in [0.15, 0.2) is 0 Å². The third-order valence-electron chi connectivity index (χ3n) is 4.58. The normalized spacial score (nSPS) is 15.3. The summed E-state index contributed by atoms with van der Waals surface area (Å²) in [7, 11) is 0. The zero-order valence-electron chi connectivity index (χ0n) is 13.8. The van der Waals surface area contributed by atoms with Crippen molar-refractivity contribution in [3.05, 3.63) is 66.4 Å². The van der Waals surface area contributed by atoms with E-state index in [2.05, 4.69) is 10.2 Å². The number of benzene rings is 2. The van der Waals surface area contributed by atoms with Crippen molar-refractivity contribution >= 4 is 16.7 Å². The number of piperidine rings is 1. The molecule has 4 rings (SSSR count). The zero-order chi connectivity index (χ0) is 17.1. The number of nitrogens with zero attached hydrogens (tertiary/aromatic N) is 3. The van der Waals surface area contributed by atoms with Crippen LogP contribution in [0, 0.1) is 0 Å². The molecule has 0 saturated carbocycles. The lowest BCUT2D eigenvalue weighted by atomic mass is 10.0. The molecular weight excluding hydrogens is 314 g/mol. The molecule has 2 heterocycles. The van der Waals surface area contributed by atoms with E-state index in [0.717, 1.165) is 29.2 Å². The first-order chi connectivity index (χ1) is 12.3. The summed E-state index contributed by atoms with van der Waals surface area (Å²) in [4.78, 5) is 14.9. The molecule has 1 fully saturated rings. The van der Waals surface area contributed by atoms with Gasteiger partial charge in [-0.15, -0.1) is 5.10 Å². The number of fused-ring (bicyclic) bond motifs is 1. The highest BCUT2D eigenvalue weighted by molar-refractivity contribution is 6.07. The fraction of sp³-hybridized carbons (Fsp3) is 0.250. The number of carbonyl (C=O) groups is 1. The molecule has 5 heteroatoms. The molecule has 1 aliphatic heterocycles. The smallest absolute Gasteiger partial charge is 0.254 e. The monoisotopic (exact) mass is 333 g/mol. The molecule has 1 aliphatic rings. The van der Waals surface area contributed by atoms with Crippen molar-refractivity contribution in [3.8, 4) is 5.88 Å². The first kappa shape index (κ1) is 15.6. The average molecular weight is 333 g/mol. The summed E-state index contributed by atoms with van der Waals surface area (Å²) in [6.07, 6.45) is 3.30. The van der Waals surface area contributed by atoms with E-state index in [9.17, 15) is 4.79 Å². The van der Waals surface area contributed by atoms with Crippen LogP contribution < -0.4 is 4.74 Å². The standard InChI is InChI=1S/C20H19N3O2/c24-20(18-8-3-6-15-5-1-2-7-17(15)18)23-13-10-16(11-14-23)25-19-9-4-12-21-22-19/h1-9,12,16H,10-11,13-14H2. The molecule has 25 heavy (non-hydrogen) atoms. The quantitative estimate of drug-likeness (QED) is 0.738. The van der Waals surface area contributed by atoms with Gasteiger partial charge in [0.2, 0.25) is 5.88 Å². The Morgan fingerprint density at radius 2 is 1.80 bits per heavy atom. The maximum Gasteiger partial charge on any atom is 0.254 e. The Labute approximate surface area is 146 Å². The molecule has 0 N–H and O–H groups in total. The van der Waals surface area contributed by atoms with Crippen LogP contribution in [0.4, 0.5) is 0 Å². The third-order valence-corrected chi connectivity index (χ3v) is 4.58. The van der Waals surface area contributed by atoms with Crippen molar-refractivity contribution in [2.24, 2.45) is 0 Å². The lowest BCUT2D eigenvalue weighted by molar-refractivity contribution is 0.0588.